The zero-order valence-electron chi connectivity index (χ0n) is 16.4. The summed E-state index contributed by atoms with van der Waals surface area (Å²) in [5.74, 6) is 0.670. The highest BCUT2D eigenvalue weighted by Gasteiger charge is 2.24. The Morgan fingerprint density at radius 1 is 1.03 bits per heavy atom. The molecule has 0 bridgehead atoms. The second-order valence-electron chi connectivity index (χ2n) is 6.93. The Bertz CT molecular complexity index is 1180. The average Bonchev–Trinajstić information content (AvgIpc) is 3.09. The van der Waals surface area contributed by atoms with Crippen LogP contribution in [-0.4, -0.2) is 11.9 Å². The highest BCUT2D eigenvalue weighted by atomic mass is 127. The maximum atomic E-state index is 12.3. The summed E-state index contributed by atoms with van der Waals surface area (Å²) in [4.78, 5) is 16.7. The number of nitrogens with zero attached hydrogens (tertiary/aromatic N) is 1. The zero-order valence-corrected chi connectivity index (χ0v) is 21.4. The lowest BCUT2D eigenvalue weighted by atomic mass is 10.1. The SMILES string of the molecule is Cc1ccc(C2=N/C(=C\c3cc(I)c(OCc4ccc(Cl)cc4)c(I)c3)C(=O)O2)cc1. The molecule has 7 heteroatoms. The van der Waals surface area contributed by atoms with Crippen molar-refractivity contribution < 1.29 is 14.3 Å². The van der Waals surface area contributed by atoms with E-state index in [-0.39, 0.29) is 5.70 Å². The lowest BCUT2D eigenvalue weighted by molar-refractivity contribution is -0.129. The van der Waals surface area contributed by atoms with Crippen LogP contribution in [0.25, 0.3) is 6.08 Å². The van der Waals surface area contributed by atoms with Crippen molar-refractivity contribution >= 4 is 74.7 Å². The number of rotatable bonds is 5. The van der Waals surface area contributed by atoms with E-state index in [1.165, 1.54) is 0 Å². The van der Waals surface area contributed by atoms with Crippen LogP contribution in [0.5, 0.6) is 5.75 Å². The number of halogens is 3. The van der Waals surface area contributed by atoms with Crippen molar-refractivity contribution in [2.24, 2.45) is 4.99 Å². The molecule has 31 heavy (non-hydrogen) atoms. The van der Waals surface area contributed by atoms with Crippen molar-refractivity contribution in [1.82, 2.24) is 0 Å². The Morgan fingerprint density at radius 3 is 2.32 bits per heavy atom. The second kappa shape index (κ2) is 9.70. The van der Waals surface area contributed by atoms with Crippen molar-refractivity contribution in [2.45, 2.75) is 13.5 Å². The lowest BCUT2D eigenvalue weighted by Gasteiger charge is -2.11. The molecule has 0 saturated heterocycles. The molecule has 0 fully saturated rings. The number of esters is 1. The largest absolute Gasteiger partial charge is 0.487 e. The third-order valence-corrected chi connectivity index (χ3v) is 6.39. The monoisotopic (exact) mass is 655 g/mol. The molecule has 3 aromatic rings. The third kappa shape index (κ3) is 5.48. The first kappa shape index (κ1) is 22.3. The van der Waals surface area contributed by atoms with Gasteiger partial charge in [0.2, 0.25) is 5.90 Å². The second-order valence-corrected chi connectivity index (χ2v) is 9.69. The van der Waals surface area contributed by atoms with Gasteiger partial charge in [-0.25, -0.2) is 9.79 Å². The molecule has 0 saturated carbocycles. The van der Waals surface area contributed by atoms with Gasteiger partial charge in [-0.3, -0.25) is 0 Å². The molecule has 0 amide bonds. The highest BCUT2D eigenvalue weighted by Crippen LogP contribution is 2.31. The Kier molecular flexibility index (Phi) is 6.98. The van der Waals surface area contributed by atoms with E-state index in [0.29, 0.717) is 17.5 Å². The molecule has 4 rings (SSSR count). The number of carbonyl (C=O) groups excluding carboxylic acids is 1. The van der Waals surface area contributed by atoms with Gasteiger partial charge in [0.15, 0.2) is 5.70 Å². The van der Waals surface area contributed by atoms with Crippen LogP contribution >= 0.6 is 56.8 Å². The number of aliphatic imine (C=N–C) groups is 1. The number of ether oxygens (including phenoxy) is 2. The van der Waals surface area contributed by atoms with Crippen molar-refractivity contribution in [3.8, 4) is 5.75 Å². The fourth-order valence-corrected chi connectivity index (χ4v) is 5.18. The maximum Gasteiger partial charge on any atom is 0.363 e. The Balaban J connectivity index is 1.54. The summed E-state index contributed by atoms with van der Waals surface area (Å²) in [6.07, 6.45) is 1.73. The van der Waals surface area contributed by atoms with Crippen LogP contribution in [0.3, 0.4) is 0 Å². The number of benzene rings is 3. The summed E-state index contributed by atoms with van der Waals surface area (Å²) in [7, 11) is 0. The van der Waals surface area contributed by atoms with E-state index in [4.69, 9.17) is 21.1 Å². The summed E-state index contributed by atoms with van der Waals surface area (Å²) in [6.45, 7) is 2.45. The molecule has 0 radical (unpaired) electrons. The minimum absolute atomic E-state index is 0.275. The van der Waals surface area contributed by atoms with Crippen LogP contribution in [0.2, 0.25) is 5.02 Å². The van der Waals surface area contributed by atoms with E-state index >= 15 is 0 Å². The normalized spacial score (nSPS) is 14.5. The molecule has 0 aliphatic carbocycles. The van der Waals surface area contributed by atoms with Crippen LogP contribution in [0.1, 0.15) is 22.3 Å². The van der Waals surface area contributed by atoms with E-state index < -0.39 is 5.97 Å². The van der Waals surface area contributed by atoms with Gasteiger partial charge in [-0.2, -0.15) is 0 Å². The van der Waals surface area contributed by atoms with Crippen LogP contribution in [-0.2, 0) is 16.1 Å². The minimum Gasteiger partial charge on any atom is -0.487 e. The van der Waals surface area contributed by atoms with E-state index in [1.807, 2.05) is 67.6 Å². The molecule has 0 N–H and O–H groups in total. The summed E-state index contributed by atoms with van der Waals surface area (Å²) in [6, 6.07) is 19.2. The first-order valence-electron chi connectivity index (χ1n) is 9.35. The molecular formula is C24H16ClI2NO3. The Hall–Kier alpha value is -1.91. The molecule has 0 spiro atoms. The lowest BCUT2D eigenvalue weighted by Crippen LogP contribution is -2.05. The molecule has 0 aromatic heterocycles. The smallest absolute Gasteiger partial charge is 0.363 e. The molecule has 1 heterocycles. The van der Waals surface area contributed by atoms with Gasteiger partial charge < -0.3 is 9.47 Å². The number of hydrogen-bond acceptors (Lipinski definition) is 4. The van der Waals surface area contributed by atoms with Crippen molar-refractivity contribution in [2.75, 3.05) is 0 Å². The topological polar surface area (TPSA) is 47.9 Å². The molecule has 4 nitrogen and oxygen atoms in total. The third-order valence-electron chi connectivity index (χ3n) is 4.54. The number of aryl methyl sites for hydroxylation is 1. The fraction of sp³-hybridized carbons (Fsp3) is 0.0833. The summed E-state index contributed by atoms with van der Waals surface area (Å²) in [5.41, 5.74) is 4.07. The van der Waals surface area contributed by atoms with Gasteiger partial charge in [0, 0.05) is 10.6 Å². The minimum atomic E-state index is -0.455. The van der Waals surface area contributed by atoms with Gasteiger partial charge in [-0.15, -0.1) is 0 Å². The van der Waals surface area contributed by atoms with Crippen LogP contribution < -0.4 is 4.74 Å². The molecule has 1 aliphatic rings. The van der Waals surface area contributed by atoms with E-state index in [1.54, 1.807) is 6.08 Å². The van der Waals surface area contributed by atoms with Gasteiger partial charge in [0.1, 0.15) is 12.4 Å². The Labute approximate surface area is 212 Å². The number of cyclic esters (lactones) is 1. The zero-order chi connectivity index (χ0) is 22.0. The van der Waals surface area contributed by atoms with Gasteiger partial charge >= 0.3 is 5.97 Å². The van der Waals surface area contributed by atoms with Gasteiger partial charge in [0.05, 0.1) is 7.14 Å². The van der Waals surface area contributed by atoms with Crippen molar-refractivity contribution in [1.29, 1.82) is 0 Å². The molecule has 0 unspecified atom stereocenters. The first-order valence-corrected chi connectivity index (χ1v) is 11.9. The molecule has 1 aliphatic heterocycles. The average molecular weight is 656 g/mol. The molecule has 3 aromatic carbocycles. The predicted octanol–water partition coefficient (Wildman–Crippen LogP) is 6.78. The summed E-state index contributed by atoms with van der Waals surface area (Å²) >= 11 is 10.4. The number of carbonyl (C=O) groups is 1. The van der Waals surface area contributed by atoms with E-state index in [2.05, 4.69) is 50.2 Å². The van der Waals surface area contributed by atoms with Gasteiger partial charge in [-0.05, 0) is 106 Å². The highest BCUT2D eigenvalue weighted by molar-refractivity contribution is 14.1. The van der Waals surface area contributed by atoms with E-state index in [9.17, 15) is 4.79 Å². The summed E-state index contributed by atoms with van der Waals surface area (Å²) in [5, 5.41) is 0.698. The molecular weight excluding hydrogens is 640 g/mol. The number of hydrogen-bond donors (Lipinski definition) is 0. The Morgan fingerprint density at radius 2 is 1.68 bits per heavy atom. The van der Waals surface area contributed by atoms with Crippen LogP contribution in [0.4, 0.5) is 0 Å². The van der Waals surface area contributed by atoms with E-state index in [0.717, 1.165) is 35.1 Å². The van der Waals surface area contributed by atoms with Crippen LogP contribution in [0, 0.1) is 14.1 Å². The maximum absolute atomic E-state index is 12.3. The molecule has 0 atom stereocenters. The quantitative estimate of drug-likeness (QED) is 0.173. The van der Waals surface area contributed by atoms with Gasteiger partial charge in [-0.1, -0.05) is 41.4 Å². The van der Waals surface area contributed by atoms with Crippen LogP contribution in [0.15, 0.2) is 71.4 Å². The van der Waals surface area contributed by atoms with Gasteiger partial charge in [0.25, 0.3) is 0 Å². The van der Waals surface area contributed by atoms with Crippen molar-refractivity contribution in [3.63, 3.8) is 0 Å². The first-order chi connectivity index (χ1) is 14.9. The molecule has 156 valence electrons. The summed E-state index contributed by atoms with van der Waals surface area (Å²) < 4.78 is 13.3. The predicted molar refractivity (Wildman–Crippen MR) is 139 cm³/mol. The van der Waals surface area contributed by atoms with Crippen molar-refractivity contribution in [3.05, 3.63) is 101 Å². The standard InChI is InChI=1S/C24H16ClI2NO3/c1-14-2-6-17(7-3-14)23-28-21(24(29)31-23)12-16-10-19(26)22(20(27)11-16)30-13-15-4-8-18(25)9-5-15/h2-12H,13H2,1H3/b21-12-. The fourth-order valence-electron chi connectivity index (χ4n) is 2.92.